The summed E-state index contributed by atoms with van der Waals surface area (Å²) in [5, 5.41) is 0. The van der Waals surface area contributed by atoms with Crippen LogP contribution in [0.15, 0.2) is 33.7 Å². The molecule has 1 aliphatic rings. The van der Waals surface area contributed by atoms with Crippen LogP contribution >= 0.6 is 31.9 Å². The number of carbonyl (C=O) groups is 1. The molecule has 18 heavy (non-hydrogen) atoms. The number of aryl methyl sites for hydroxylation is 1. The molecule has 5 heteroatoms. The van der Waals surface area contributed by atoms with Gasteiger partial charge in [-0.3, -0.25) is 0 Å². The zero-order valence-electron chi connectivity index (χ0n) is 9.62. The first-order chi connectivity index (χ1) is 8.42. The van der Waals surface area contributed by atoms with E-state index in [0.717, 1.165) is 5.56 Å². The van der Waals surface area contributed by atoms with Crippen molar-refractivity contribution in [3.63, 3.8) is 0 Å². The molecule has 0 aromatic heterocycles. The van der Waals surface area contributed by atoms with Crippen LogP contribution in [-0.4, -0.2) is 11.8 Å². The standard InChI is InChI=1S/C13H11Br2FO2/c1-8-4-2-3-5-10(8)12(17)18-13(16)7-9(13)6-11(14)15/h2-6,9H,7H2,1H3/t9-,13-/m0/s1. The van der Waals surface area contributed by atoms with Gasteiger partial charge in [0.25, 0.3) is 5.85 Å². The summed E-state index contributed by atoms with van der Waals surface area (Å²) in [4.78, 5) is 11.8. The van der Waals surface area contributed by atoms with Crippen molar-refractivity contribution >= 4 is 37.8 Å². The molecule has 1 saturated carbocycles. The number of rotatable bonds is 3. The maximum Gasteiger partial charge on any atom is 0.341 e. The van der Waals surface area contributed by atoms with Crippen LogP contribution < -0.4 is 0 Å². The minimum Gasteiger partial charge on any atom is -0.424 e. The smallest absolute Gasteiger partial charge is 0.341 e. The number of hydrogen-bond donors (Lipinski definition) is 0. The molecule has 0 saturated heterocycles. The average Bonchev–Trinajstić information content (AvgIpc) is 2.87. The normalized spacial score (nSPS) is 25.4. The second-order valence-corrected chi connectivity index (χ2v) is 7.03. The Labute approximate surface area is 121 Å². The van der Waals surface area contributed by atoms with Crippen LogP contribution in [0.2, 0.25) is 0 Å². The summed E-state index contributed by atoms with van der Waals surface area (Å²) < 4.78 is 19.7. The Balaban J connectivity index is 2.06. The number of alkyl halides is 1. The number of esters is 1. The van der Waals surface area contributed by atoms with Gasteiger partial charge in [0, 0.05) is 6.42 Å². The first kappa shape index (κ1) is 13.7. The number of hydrogen-bond acceptors (Lipinski definition) is 2. The van der Waals surface area contributed by atoms with E-state index in [4.69, 9.17) is 4.74 Å². The zero-order valence-corrected chi connectivity index (χ0v) is 12.8. The lowest BCUT2D eigenvalue weighted by molar-refractivity contribution is -0.0381. The molecule has 0 bridgehead atoms. The third-order valence-electron chi connectivity index (χ3n) is 2.85. The highest BCUT2D eigenvalue weighted by Crippen LogP contribution is 2.50. The summed E-state index contributed by atoms with van der Waals surface area (Å²) in [5.74, 6) is -2.87. The van der Waals surface area contributed by atoms with E-state index >= 15 is 0 Å². The van der Waals surface area contributed by atoms with Gasteiger partial charge in [0.2, 0.25) is 0 Å². The summed E-state index contributed by atoms with van der Waals surface area (Å²) in [5.41, 5.74) is 1.18. The summed E-state index contributed by atoms with van der Waals surface area (Å²) >= 11 is 6.32. The van der Waals surface area contributed by atoms with E-state index in [1.807, 2.05) is 6.07 Å². The second-order valence-electron chi connectivity index (χ2n) is 4.26. The van der Waals surface area contributed by atoms with Crippen molar-refractivity contribution in [3.05, 3.63) is 44.9 Å². The van der Waals surface area contributed by atoms with Gasteiger partial charge in [-0.2, -0.15) is 4.39 Å². The molecule has 2 atom stereocenters. The third kappa shape index (κ3) is 3.01. The SMILES string of the molecule is Cc1ccccc1C(=O)O[C@@]1(F)C[C@@H]1C=C(Br)Br. The van der Waals surface area contributed by atoms with Gasteiger partial charge in [-0.15, -0.1) is 0 Å². The molecule has 0 amide bonds. The van der Waals surface area contributed by atoms with E-state index < -0.39 is 11.8 Å². The first-order valence-electron chi connectivity index (χ1n) is 5.43. The van der Waals surface area contributed by atoms with Crippen molar-refractivity contribution in [1.29, 1.82) is 0 Å². The van der Waals surface area contributed by atoms with Crippen LogP contribution in [0.5, 0.6) is 0 Å². The van der Waals surface area contributed by atoms with Crippen LogP contribution in [0.25, 0.3) is 0 Å². The van der Waals surface area contributed by atoms with E-state index in [0.29, 0.717) is 8.96 Å². The van der Waals surface area contributed by atoms with Gasteiger partial charge in [-0.1, -0.05) is 24.3 Å². The van der Waals surface area contributed by atoms with Crippen molar-refractivity contribution in [1.82, 2.24) is 0 Å². The number of ether oxygens (including phenoxy) is 1. The highest BCUT2D eigenvalue weighted by molar-refractivity contribution is 9.28. The van der Waals surface area contributed by atoms with Gasteiger partial charge in [0.15, 0.2) is 0 Å². The van der Waals surface area contributed by atoms with E-state index in [1.165, 1.54) is 0 Å². The highest BCUT2D eigenvalue weighted by atomic mass is 79.9. The Morgan fingerprint density at radius 3 is 2.78 bits per heavy atom. The summed E-state index contributed by atoms with van der Waals surface area (Å²) in [6, 6.07) is 6.98. The molecule has 0 N–H and O–H groups in total. The molecule has 0 radical (unpaired) electrons. The van der Waals surface area contributed by atoms with Crippen LogP contribution in [0.3, 0.4) is 0 Å². The van der Waals surface area contributed by atoms with Gasteiger partial charge in [-0.25, -0.2) is 4.79 Å². The molecular formula is C13H11Br2FO2. The molecule has 0 aliphatic heterocycles. The van der Waals surface area contributed by atoms with Crippen LogP contribution in [-0.2, 0) is 4.74 Å². The van der Waals surface area contributed by atoms with E-state index in [-0.39, 0.29) is 12.3 Å². The van der Waals surface area contributed by atoms with Crippen molar-refractivity contribution in [2.24, 2.45) is 5.92 Å². The van der Waals surface area contributed by atoms with E-state index in [9.17, 15) is 9.18 Å². The number of benzene rings is 1. The second kappa shape index (κ2) is 5.13. The Kier molecular flexibility index (Phi) is 3.92. The van der Waals surface area contributed by atoms with Crippen molar-refractivity contribution < 1.29 is 13.9 Å². The fourth-order valence-corrected chi connectivity index (χ4v) is 2.34. The molecule has 2 nitrogen and oxygen atoms in total. The molecule has 2 rings (SSSR count). The minimum absolute atomic E-state index is 0.200. The quantitative estimate of drug-likeness (QED) is 0.726. The maximum absolute atomic E-state index is 14.1. The first-order valence-corrected chi connectivity index (χ1v) is 7.02. The lowest BCUT2D eigenvalue weighted by Gasteiger charge is -2.10. The fraction of sp³-hybridized carbons (Fsp3) is 0.308. The fourth-order valence-electron chi connectivity index (χ4n) is 1.70. The molecule has 0 heterocycles. The highest BCUT2D eigenvalue weighted by Gasteiger charge is 2.58. The predicted octanol–water partition coefficient (Wildman–Crippen LogP) is 4.47. The molecule has 1 fully saturated rings. The van der Waals surface area contributed by atoms with Gasteiger partial charge in [0.1, 0.15) is 0 Å². The molecule has 0 spiro atoms. The predicted molar refractivity (Wildman–Crippen MR) is 74.5 cm³/mol. The van der Waals surface area contributed by atoms with Gasteiger partial charge in [-0.05, 0) is 50.4 Å². The molecule has 1 aromatic carbocycles. The lowest BCUT2D eigenvalue weighted by Crippen LogP contribution is -2.17. The lowest BCUT2D eigenvalue weighted by atomic mass is 10.1. The minimum atomic E-state index is -1.87. The zero-order chi connectivity index (χ0) is 13.3. The van der Waals surface area contributed by atoms with Crippen LogP contribution in [0.1, 0.15) is 22.3 Å². The van der Waals surface area contributed by atoms with Crippen molar-refractivity contribution in [2.75, 3.05) is 0 Å². The van der Waals surface area contributed by atoms with Gasteiger partial charge >= 0.3 is 5.97 Å². The van der Waals surface area contributed by atoms with Crippen LogP contribution in [0, 0.1) is 12.8 Å². The van der Waals surface area contributed by atoms with Crippen LogP contribution in [0.4, 0.5) is 4.39 Å². The Morgan fingerprint density at radius 1 is 1.50 bits per heavy atom. The van der Waals surface area contributed by atoms with E-state index in [2.05, 4.69) is 31.9 Å². The molecule has 96 valence electrons. The van der Waals surface area contributed by atoms with Gasteiger partial charge < -0.3 is 4.74 Å². The summed E-state index contributed by atoms with van der Waals surface area (Å²) in [6.07, 6.45) is 1.84. The third-order valence-corrected chi connectivity index (χ3v) is 3.38. The monoisotopic (exact) mass is 376 g/mol. The largest absolute Gasteiger partial charge is 0.424 e. The maximum atomic E-state index is 14.1. The molecule has 1 aliphatic carbocycles. The molecule has 1 aromatic rings. The van der Waals surface area contributed by atoms with Crippen molar-refractivity contribution in [3.8, 4) is 0 Å². The number of halogens is 3. The van der Waals surface area contributed by atoms with Crippen molar-refractivity contribution in [2.45, 2.75) is 19.2 Å². The summed E-state index contributed by atoms with van der Waals surface area (Å²) in [7, 11) is 0. The number of carbonyl (C=O) groups excluding carboxylic acids is 1. The average molecular weight is 378 g/mol. The molecule has 0 unspecified atom stereocenters. The molecular weight excluding hydrogens is 367 g/mol. The Hall–Kier alpha value is -0.680. The van der Waals surface area contributed by atoms with Gasteiger partial charge in [0.05, 0.1) is 14.9 Å². The summed E-state index contributed by atoms with van der Waals surface area (Å²) in [6.45, 7) is 1.79. The Morgan fingerprint density at radius 2 is 2.17 bits per heavy atom. The topological polar surface area (TPSA) is 26.3 Å². The Bertz CT molecular complexity index is 511. The van der Waals surface area contributed by atoms with E-state index in [1.54, 1.807) is 31.2 Å².